The number of thiazole rings is 1. The molecule has 4 aromatic rings. The van der Waals surface area contributed by atoms with Crippen molar-refractivity contribution in [3.63, 3.8) is 0 Å². The molecule has 0 aliphatic heterocycles. The van der Waals surface area contributed by atoms with Gasteiger partial charge in [-0.05, 0) is 48.5 Å². The Bertz CT molecular complexity index is 1360. The number of benzene rings is 3. The summed E-state index contributed by atoms with van der Waals surface area (Å²) in [6.45, 7) is 0. The monoisotopic (exact) mass is 461 g/mol. The van der Waals surface area contributed by atoms with Crippen molar-refractivity contribution >= 4 is 59.9 Å². The number of hydrogen-bond donors (Lipinski definition) is 2. The van der Waals surface area contributed by atoms with Crippen LogP contribution >= 0.6 is 22.9 Å². The second kappa shape index (κ2) is 8.02. The van der Waals surface area contributed by atoms with Gasteiger partial charge in [0, 0.05) is 5.56 Å². The molecule has 0 saturated carbocycles. The van der Waals surface area contributed by atoms with Crippen molar-refractivity contribution in [3.05, 3.63) is 83.1 Å². The van der Waals surface area contributed by atoms with E-state index in [1.54, 1.807) is 42.5 Å². The number of nitrogens with one attached hydrogen (secondary N) is 2. The van der Waals surface area contributed by atoms with Crippen LogP contribution in [0.4, 0.5) is 15.2 Å². The lowest BCUT2D eigenvalue weighted by Crippen LogP contribution is -2.13. The van der Waals surface area contributed by atoms with Crippen LogP contribution in [0.1, 0.15) is 10.4 Å². The fraction of sp³-hybridized carbons (Fsp3) is 0. The number of fused-ring (bicyclic) bond motifs is 1. The third-order valence-corrected chi connectivity index (χ3v) is 6.72. The zero-order valence-electron chi connectivity index (χ0n) is 15.1. The molecule has 30 heavy (non-hydrogen) atoms. The molecule has 0 saturated heterocycles. The van der Waals surface area contributed by atoms with Crippen LogP contribution in [0.5, 0.6) is 0 Å². The Hall–Kier alpha value is -3.01. The predicted octanol–water partition coefficient (Wildman–Crippen LogP) is 5.14. The van der Waals surface area contributed by atoms with E-state index in [1.807, 2.05) is 6.07 Å². The topological polar surface area (TPSA) is 88.2 Å². The summed E-state index contributed by atoms with van der Waals surface area (Å²) in [4.78, 5) is 16.5. The van der Waals surface area contributed by atoms with Crippen LogP contribution < -0.4 is 10.0 Å². The molecule has 0 atom stereocenters. The van der Waals surface area contributed by atoms with Gasteiger partial charge in [0.25, 0.3) is 15.9 Å². The molecule has 4 rings (SSSR count). The fourth-order valence-electron chi connectivity index (χ4n) is 2.66. The van der Waals surface area contributed by atoms with E-state index >= 15 is 0 Å². The maximum Gasteiger partial charge on any atom is 0.261 e. The van der Waals surface area contributed by atoms with Crippen molar-refractivity contribution in [2.24, 2.45) is 0 Å². The van der Waals surface area contributed by atoms with Gasteiger partial charge in [0.2, 0.25) is 0 Å². The average molecular weight is 462 g/mol. The number of rotatable bonds is 5. The first-order valence-corrected chi connectivity index (χ1v) is 11.2. The molecule has 3 aromatic carbocycles. The van der Waals surface area contributed by atoms with Gasteiger partial charge in [-0.25, -0.2) is 17.8 Å². The number of amides is 1. The minimum absolute atomic E-state index is 0.164. The molecular weight excluding hydrogens is 449 g/mol. The van der Waals surface area contributed by atoms with Gasteiger partial charge in [0.1, 0.15) is 5.82 Å². The maximum atomic E-state index is 13.3. The number of aromatic nitrogens is 1. The molecule has 1 amide bonds. The van der Waals surface area contributed by atoms with Crippen molar-refractivity contribution in [1.29, 1.82) is 0 Å². The van der Waals surface area contributed by atoms with Gasteiger partial charge in [0.15, 0.2) is 5.13 Å². The Kier molecular flexibility index (Phi) is 5.42. The van der Waals surface area contributed by atoms with Crippen LogP contribution in [0, 0.1) is 5.82 Å². The van der Waals surface area contributed by atoms with E-state index in [1.165, 1.54) is 11.3 Å². The van der Waals surface area contributed by atoms with Gasteiger partial charge in [0.05, 0.1) is 25.8 Å². The minimum Gasteiger partial charge on any atom is -0.298 e. The van der Waals surface area contributed by atoms with Crippen LogP contribution in [0.25, 0.3) is 10.2 Å². The van der Waals surface area contributed by atoms with Crippen LogP contribution in [0.2, 0.25) is 5.02 Å². The molecular formula is C20H13ClFN3O3S2. The smallest absolute Gasteiger partial charge is 0.261 e. The molecule has 1 heterocycles. The number of hydrogen-bond acceptors (Lipinski definition) is 5. The highest BCUT2D eigenvalue weighted by molar-refractivity contribution is 7.92. The summed E-state index contributed by atoms with van der Waals surface area (Å²) in [5, 5.41) is 2.84. The molecule has 0 bridgehead atoms. The van der Waals surface area contributed by atoms with Crippen molar-refractivity contribution < 1.29 is 17.6 Å². The zero-order chi connectivity index (χ0) is 21.3. The van der Waals surface area contributed by atoms with Crippen LogP contribution in [0.3, 0.4) is 0 Å². The van der Waals surface area contributed by atoms with E-state index in [-0.39, 0.29) is 21.5 Å². The summed E-state index contributed by atoms with van der Waals surface area (Å²) in [6, 6.07) is 16.7. The largest absolute Gasteiger partial charge is 0.298 e. The van der Waals surface area contributed by atoms with Crippen molar-refractivity contribution in [2.75, 3.05) is 10.0 Å². The van der Waals surface area contributed by atoms with Gasteiger partial charge >= 0.3 is 0 Å². The van der Waals surface area contributed by atoms with Gasteiger partial charge in [-0.1, -0.05) is 41.1 Å². The number of halogens is 2. The highest BCUT2D eigenvalue weighted by Gasteiger charge is 2.17. The average Bonchev–Trinajstić information content (AvgIpc) is 3.11. The molecule has 152 valence electrons. The van der Waals surface area contributed by atoms with E-state index < -0.39 is 15.8 Å². The van der Waals surface area contributed by atoms with E-state index in [4.69, 9.17) is 11.6 Å². The van der Waals surface area contributed by atoms with Gasteiger partial charge in [-0.15, -0.1) is 0 Å². The Balaban J connectivity index is 1.56. The SMILES string of the molecule is O=C(Nc1nc2cc(NS(=O)(=O)c3ccc(F)c(Cl)c3)ccc2s1)c1ccccc1. The van der Waals surface area contributed by atoms with Crippen LogP contribution in [-0.4, -0.2) is 19.3 Å². The molecule has 6 nitrogen and oxygen atoms in total. The predicted molar refractivity (Wildman–Crippen MR) is 116 cm³/mol. The van der Waals surface area contributed by atoms with E-state index in [0.717, 1.165) is 22.9 Å². The Morgan fingerprint density at radius 1 is 1.03 bits per heavy atom. The first kappa shape index (κ1) is 20.3. The van der Waals surface area contributed by atoms with Crippen LogP contribution in [0.15, 0.2) is 71.6 Å². The van der Waals surface area contributed by atoms with Gasteiger partial charge in [-0.3, -0.25) is 14.8 Å². The lowest BCUT2D eigenvalue weighted by Gasteiger charge is -2.08. The van der Waals surface area contributed by atoms with E-state index in [0.29, 0.717) is 16.2 Å². The number of carbonyl (C=O) groups is 1. The lowest BCUT2D eigenvalue weighted by atomic mass is 10.2. The second-order valence-corrected chi connectivity index (χ2v) is 9.32. The number of carbonyl (C=O) groups excluding carboxylic acids is 1. The molecule has 0 aliphatic rings. The van der Waals surface area contributed by atoms with Crippen molar-refractivity contribution in [2.45, 2.75) is 4.90 Å². The van der Waals surface area contributed by atoms with E-state index in [2.05, 4.69) is 15.0 Å². The lowest BCUT2D eigenvalue weighted by molar-refractivity contribution is 0.102. The normalized spacial score (nSPS) is 11.4. The third-order valence-electron chi connectivity index (χ3n) is 4.10. The second-order valence-electron chi connectivity index (χ2n) is 6.20. The van der Waals surface area contributed by atoms with Crippen molar-refractivity contribution in [1.82, 2.24) is 4.98 Å². The fourth-order valence-corrected chi connectivity index (χ4v) is 4.82. The Morgan fingerprint density at radius 3 is 2.53 bits per heavy atom. The summed E-state index contributed by atoms with van der Waals surface area (Å²) in [6.07, 6.45) is 0. The summed E-state index contributed by atoms with van der Waals surface area (Å²) in [5.74, 6) is -0.992. The third kappa shape index (κ3) is 4.28. The summed E-state index contributed by atoms with van der Waals surface area (Å²) in [7, 11) is -3.96. The molecule has 1 aromatic heterocycles. The molecule has 0 aliphatic carbocycles. The highest BCUT2D eigenvalue weighted by atomic mass is 35.5. The molecule has 0 fully saturated rings. The van der Waals surface area contributed by atoms with Crippen molar-refractivity contribution in [3.8, 4) is 0 Å². The first-order chi connectivity index (χ1) is 14.3. The first-order valence-electron chi connectivity index (χ1n) is 8.57. The van der Waals surface area contributed by atoms with Crippen LogP contribution in [-0.2, 0) is 10.0 Å². The quantitative estimate of drug-likeness (QED) is 0.430. The number of nitrogens with zero attached hydrogens (tertiary/aromatic N) is 1. The number of sulfonamides is 1. The minimum atomic E-state index is -3.96. The highest BCUT2D eigenvalue weighted by Crippen LogP contribution is 2.29. The summed E-state index contributed by atoms with van der Waals surface area (Å²) < 4.78 is 41.6. The standard InChI is InChI=1S/C20H13ClFN3O3S2/c21-15-11-14(7-8-16(15)22)30(27,28)25-13-6-9-18-17(10-13)23-20(29-18)24-19(26)12-4-2-1-3-5-12/h1-11,25H,(H,23,24,26). The zero-order valence-corrected chi connectivity index (χ0v) is 17.5. The summed E-state index contributed by atoms with van der Waals surface area (Å²) >= 11 is 6.95. The van der Waals surface area contributed by atoms with Gasteiger partial charge in [-0.2, -0.15) is 0 Å². The molecule has 0 spiro atoms. The maximum absolute atomic E-state index is 13.3. The molecule has 10 heteroatoms. The molecule has 0 unspecified atom stereocenters. The molecule has 0 radical (unpaired) electrons. The number of anilines is 2. The van der Waals surface area contributed by atoms with Gasteiger partial charge < -0.3 is 0 Å². The van der Waals surface area contributed by atoms with E-state index in [9.17, 15) is 17.6 Å². The summed E-state index contributed by atoms with van der Waals surface area (Å²) in [5.41, 5.74) is 1.29. The Labute approximate surface area is 180 Å². The molecule has 2 N–H and O–H groups in total. The Morgan fingerprint density at radius 2 is 1.80 bits per heavy atom.